The topological polar surface area (TPSA) is 130 Å². The summed E-state index contributed by atoms with van der Waals surface area (Å²) in [6.07, 6.45) is 0.453. The van der Waals surface area contributed by atoms with Crippen LogP contribution in [0.4, 0.5) is 11.4 Å². The van der Waals surface area contributed by atoms with Crippen molar-refractivity contribution in [1.29, 1.82) is 0 Å². The summed E-state index contributed by atoms with van der Waals surface area (Å²) in [4.78, 5) is 38.5. The van der Waals surface area contributed by atoms with Gasteiger partial charge in [0.1, 0.15) is 12.6 Å². The minimum atomic E-state index is -4.23. The predicted molar refractivity (Wildman–Crippen MR) is 149 cm³/mol. The Bertz CT molecular complexity index is 1380. The van der Waals surface area contributed by atoms with Gasteiger partial charge in [0, 0.05) is 24.7 Å². The number of nitro benzene ring substituents is 1. The Morgan fingerprint density at radius 3 is 2.00 bits per heavy atom. The maximum atomic E-state index is 13.8. The van der Waals surface area contributed by atoms with E-state index in [9.17, 15) is 28.1 Å². The molecule has 2 amide bonds. The average molecular weight is 553 g/mol. The van der Waals surface area contributed by atoms with E-state index in [1.54, 1.807) is 25.1 Å². The molecule has 0 aliphatic rings. The van der Waals surface area contributed by atoms with Gasteiger partial charge in [-0.1, -0.05) is 48.5 Å². The summed E-state index contributed by atoms with van der Waals surface area (Å²) in [6.45, 7) is 4.79. The van der Waals surface area contributed by atoms with Crippen LogP contribution in [0.25, 0.3) is 0 Å². The van der Waals surface area contributed by atoms with E-state index >= 15 is 0 Å². The summed E-state index contributed by atoms with van der Waals surface area (Å²) in [5, 5.41) is 14.0. The van der Waals surface area contributed by atoms with Crippen LogP contribution >= 0.6 is 0 Å². The van der Waals surface area contributed by atoms with Crippen LogP contribution in [0.1, 0.15) is 26.3 Å². The monoisotopic (exact) mass is 552 g/mol. The zero-order chi connectivity index (χ0) is 28.6. The van der Waals surface area contributed by atoms with Crippen molar-refractivity contribution in [2.45, 2.75) is 44.2 Å². The lowest BCUT2D eigenvalue weighted by Gasteiger charge is -2.32. The molecule has 10 nitrogen and oxygen atoms in total. The van der Waals surface area contributed by atoms with Crippen LogP contribution in [0.5, 0.6) is 0 Å². The van der Waals surface area contributed by atoms with Crippen molar-refractivity contribution in [1.82, 2.24) is 10.2 Å². The first-order valence-corrected chi connectivity index (χ1v) is 13.9. The number of anilines is 1. The van der Waals surface area contributed by atoms with E-state index in [4.69, 9.17) is 0 Å². The van der Waals surface area contributed by atoms with Gasteiger partial charge in [0.2, 0.25) is 11.8 Å². The van der Waals surface area contributed by atoms with Crippen molar-refractivity contribution in [3.05, 3.63) is 101 Å². The van der Waals surface area contributed by atoms with E-state index in [0.717, 1.165) is 9.87 Å². The van der Waals surface area contributed by atoms with Crippen LogP contribution in [0.15, 0.2) is 89.8 Å². The maximum Gasteiger partial charge on any atom is 0.269 e. The second kappa shape index (κ2) is 13.0. The highest BCUT2D eigenvalue weighted by molar-refractivity contribution is 7.92. The van der Waals surface area contributed by atoms with Crippen LogP contribution in [0, 0.1) is 10.1 Å². The van der Waals surface area contributed by atoms with Gasteiger partial charge in [-0.25, -0.2) is 8.42 Å². The number of nitrogens with one attached hydrogen (secondary N) is 1. The molecule has 1 atom stereocenters. The normalized spacial score (nSPS) is 12.0. The lowest BCUT2D eigenvalue weighted by molar-refractivity contribution is -0.384. The van der Waals surface area contributed by atoms with Crippen LogP contribution in [-0.4, -0.2) is 55.2 Å². The fourth-order valence-electron chi connectivity index (χ4n) is 3.96. The second-order valence-corrected chi connectivity index (χ2v) is 11.1. The Morgan fingerprint density at radius 2 is 1.46 bits per heavy atom. The summed E-state index contributed by atoms with van der Waals surface area (Å²) in [5.74, 6) is -0.950. The third-order valence-electron chi connectivity index (χ3n) is 6.04. The molecule has 0 fully saturated rings. The summed E-state index contributed by atoms with van der Waals surface area (Å²) in [6, 6.07) is 21.0. The molecule has 3 aromatic rings. The summed E-state index contributed by atoms with van der Waals surface area (Å²) < 4.78 is 28.3. The van der Waals surface area contributed by atoms with Gasteiger partial charge in [-0.3, -0.25) is 24.0 Å². The summed E-state index contributed by atoms with van der Waals surface area (Å²) in [5.41, 5.74) is 0.821. The minimum absolute atomic E-state index is 0.0439. The third-order valence-corrected chi connectivity index (χ3v) is 7.83. The molecule has 0 saturated heterocycles. The Hall–Kier alpha value is -4.25. The molecule has 3 rings (SSSR count). The smallest absolute Gasteiger partial charge is 0.269 e. The van der Waals surface area contributed by atoms with Crippen molar-refractivity contribution in [2.24, 2.45) is 0 Å². The number of benzene rings is 3. The molecule has 3 aromatic carbocycles. The number of hydrogen-bond donors (Lipinski definition) is 1. The Balaban J connectivity index is 1.98. The van der Waals surface area contributed by atoms with E-state index in [2.05, 4.69) is 5.32 Å². The van der Waals surface area contributed by atoms with E-state index in [0.29, 0.717) is 6.42 Å². The zero-order valence-electron chi connectivity index (χ0n) is 22.1. The van der Waals surface area contributed by atoms with E-state index in [-0.39, 0.29) is 34.8 Å². The van der Waals surface area contributed by atoms with Gasteiger partial charge < -0.3 is 10.2 Å². The van der Waals surface area contributed by atoms with Crippen molar-refractivity contribution in [3.63, 3.8) is 0 Å². The second-order valence-electron chi connectivity index (χ2n) is 9.26. The van der Waals surface area contributed by atoms with Crippen molar-refractivity contribution in [2.75, 3.05) is 17.4 Å². The molecule has 39 heavy (non-hydrogen) atoms. The molecule has 206 valence electrons. The number of amides is 2. The molecule has 11 heteroatoms. The van der Waals surface area contributed by atoms with Gasteiger partial charge in [0.05, 0.1) is 15.5 Å². The maximum absolute atomic E-state index is 13.8. The Kier molecular flexibility index (Phi) is 9.78. The van der Waals surface area contributed by atoms with E-state index in [1.807, 2.05) is 44.2 Å². The van der Waals surface area contributed by atoms with Crippen LogP contribution in [-0.2, 0) is 26.0 Å². The Labute approximate surface area is 228 Å². The van der Waals surface area contributed by atoms with Gasteiger partial charge in [-0.15, -0.1) is 0 Å². The van der Waals surface area contributed by atoms with Gasteiger partial charge in [0.25, 0.3) is 15.7 Å². The number of carbonyl (C=O) groups excluding carboxylic acids is 2. The van der Waals surface area contributed by atoms with Gasteiger partial charge >= 0.3 is 0 Å². The quantitative estimate of drug-likeness (QED) is 0.269. The van der Waals surface area contributed by atoms with Gasteiger partial charge in [-0.05, 0) is 57.0 Å². The lowest BCUT2D eigenvalue weighted by Crippen LogP contribution is -2.53. The molecule has 0 aromatic heterocycles. The molecule has 0 aliphatic heterocycles. The fourth-order valence-corrected chi connectivity index (χ4v) is 5.40. The third kappa shape index (κ3) is 7.64. The molecular weight excluding hydrogens is 520 g/mol. The first kappa shape index (κ1) is 29.3. The number of hydrogen-bond acceptors (Lipinski definition) is 6. The highest BCUT2D eigenvalue weighted by atomic mass is 32.2. The molecular formula is C28H32N4O6S. The highest BCUT2D eigenvalue weighted by Crippen LogP contribution is 2.26. The van der Waals surface area contributed by atoms with Crippen LogP contribution in [0.2, 0.25) is 0 Å². The van der Waals surface area contributed by atoms with Crippen LogP contribution in [0.3, 0.4) is 0 Å². The zero-order valence-corrected chi connectivity index (χ0v) is 22.9. The van der Waals surface area contributed by atoms with Crippen molar-refractivity contribution < 1.29 is 22.9 Å². The molecule has 0 bridgehead atoms. The first-order valence-electron chi connectivity index (χ1n) is 12.5. The number of non-ortho nitro benzene ring substituents is 1. The minimum Gasteiger partial charge on any atom is -0.352 e. The number of rotatable bonds is 12. The number of carbonyl (C=O) groups is 2. The molecule has 1 unspecified atom stereocenters. The Morgan fingerprint density at radius 1 is 0.897 bits per heavy atom. The number of nitro groups is 1. The van der Waals surface area contributed by atoms with Gasteiger partial charge in [-0.2, -0.15) is 0 Å². The summed E-state index contributed by atoms with van der Waals surface area (Å²) >= 11 is 0. The highest BCUT2D eigenvalue weighted by Gasteiger charge is 2.32. The fraction of sp³-hybridized carbons (Fsp3) is 0.286. The largest absolute Gasteiger partial charge is 0.352 e. The SMILES string of the molecule is CC(C)NC(=O)C(C)N(CCc1ccccc1)C(=O)CN(c1ccc([N+](=O)[O-])cc1)S(=O)(=O)c1ccccc1. The van der Waals surface area contributed by atoms with Crippen molar-refractivity contribution >= 4 is 33.2 Å². The molecule has 0 heterocycles. The van der Waals surface area contributed by atoms with Crippen LogP contribution < -0.4 is 9.62 Å². The molecule has 0 saturated carbocycles. The lowest BCUT2D eigenvalue weighted by atomic mass is 10.1. The standard InChI is InChI=1S/C28H32N4O6S/c1-21(2)29-28(34)22(3)30(19-18-23-10-6-4-7-11-23)27(33)20-31(24-14-16-25(17-15-24)32(35)36)39(37,38)26-12-8-5-9-13-26/h4-17,21-22H,18-20H2,1-3H3,(H,29,34). The van der Waals surface area contributed by atoms with Crippen molar-refractivity contribution in [3.8, 4) is 0 Å². The number of sulfonamides is 1. The van der Waals surface area contributed by atoms with Gasteiger partial charge in [0.15, 0.2) is 0 Å². The summed E-state index contributed by atoms with van der Waals surface area (Å²) in [7, 11) is -4.23. The first-order chi connectivity index (χ1) is 18.5. The predicted octanol–water partition coefficient (Wildman–Crippen LogP) is 3.77. The van der Waals surface area contributed by atoms with E-state index in [1.165, 1.54) is 41.3 Å². The van der Waals surface area contributed by atoms with E-state index < -0.39 is 33.4 Å². The molecule has 1 N–H and O–H groups in total. The molecule has 0 aliphatic carbocycles. The average Bonchev–Trinajstić information content (AvgIpc) is 2.92. The molecule has 0 spiro atoms. The molecule has 0 radical (unpaired) electrons. The number of nitrogens with zero attached hydrogens (tertiary/aromatic N) is 3.